The second kappa shape index (κ2) is 8.52. The highest BCUT2D eigenvalue weighted by molar-refractivity contribution is 8.13. The summed E-state index contributed by atoms with van der Waals surface area (Å²) in [6.45, 7) is 6.60. The van der Waals surface area contributed by atoms with Crippen molar-refractivity contribution in [1.82, 2.24) is 10.3 Å². The number of fused-ring (bicyclic) bond motifs is 2. The van der Waals surface area contributed by atoms with E-state index < -0.39 is 6.17 Å². The maximum absolute atomic E-state index is 13.2. The third-order valence-electron chi connectivity index (χ3n) is 5.81. The number of carbonyl (C=O) groups excluding carboxylic acids is 1. The Bertz CT molecular complexity index is 1340. The van der Waals surface area contributed by atoms with Crippen LogP contribution in [-0.2, 0) is 16.0 Å². The van der Waals surface area contributed by atoms with Crippen molar-refractivity contribution in [3.05, 3.63) is 106 Å². The summed E-state index contributed by atoms with van der Waals surface area (Å²) in [6, 6.07) is 26.4. The van der Waals surface area contributed by atoms with Crippen LogP contribution in [0.5, 0.6) is 0 Å². The third-order valence-corrected chi connectivity index (χ3v) is 6.74. The van der Waals surface area contributed by atoms with E-state index in [9.17, 15) is 4.79 Å². The van der Waals surface area contributed by atoms with Crippen molar-refractivity contribution in [3.8, 4) is 0 Å². The molecule has 33 heavy (non-hydrogen) atoms. The van der Waals surface area contributed by atoms with Crippen LogP contribution in [0.1, 0.15) is 43.6 Å². The minimum atomic E-state index is -0.401. The number of hydrogen-bond acceptors (Lipinski definition) is 5. The molecule has 2 aliphatic rings. The van der Waals surface area contributed by atoms with Crippen LogP contribution in [0, 0.1) is 0 Å². The lowest BCUT2D eigenvalue weighted by Crippen LogP contribution is -2.50. The Morgan fingerprint density at radius 1 is 0.939 bits per heavy atom. The molecule has 1 N–H and O–H groups in total. The maximum atomic E-state index is 13.2. The van der Waals surface area contributed by atoms with Gasteiger partial charge in [-0.2, -0.15) is 0 Å². The molecule has 2 aliphatic heterocycles. The molecular formula is C27H26N4OS. The molecule has 0 saturated carbocycles. The number of benzene rings is 3. The fraction of sp³-hybridized carbons (Fsp3) is 0.222. The van der Waals surface area contributed by atoms with Crippen LogP contribution in [-0.4, -0.2) is 16.1 Å². The lowest BCUT2D eigenvalue weighted by Gasteiger charge is -2.34. The molecule has 5 nitrogen and oxygen atoms in total. The molecule has 0 saturated heterocycles. The van der Waals surface area contributed by atoms with Gasteiger partial charge in [0, 0.05) is 11.0 Å². The Hall–Kier alpha value is -3.38. The minimum absolute atomic E-state index is 0.0660. The average Bonchev–Trinajstić information content (AvgIpc) is 2.82. The summed E-state index contributed by atoms with van der Waals surface area (Å²) in [4.78, 5) is 18.2. The Kier molecular flexibility index (Phi) is 5.54. The van der Waals surface area contributed by atoms with Crippen LogP contribution >= 0.6 is 11.8 Å². The molecule has 2 heterocycles. The van der Waals surface area contributed by atoms with E-state index in [-0.39, 0.29) is 11.3 Å². The van der Waals surface area contributed by atoms with Gasteiger partial charge in [0.1, 0.15) is 5.70 Å². The van der Waals surface area contributed by atoms with Crippen LogP contribution in [0.4, 0.5) is 0 Å². The fourth-order valence-electron chi connectivity index (χ4n) is 3.99. The largest absolute Gasteiger partial charge is 0.298 e. The molecule has 0 bridgehead atoms. The molecule has 3 aromatic rings. The molecule has 1 amide bonds. The third kappa shape index (κ3) is 4.31. The zero-order valence-corrected chi connectivity index (χ0v) is 19.8. The van der Waals surface area contributed by atoms with E-state index in [1.54, 1.807) is 5.01 Å². The normalized spacial score (nSPS) is 17.5. The number of nitrogens with one attached hydrogen (secondary N) is 1. The van der Waals surface area contributed by atoms with E-state index in [1.807, 2.05) is 42.5 Å². The SMILES string of the molecule is CC(C)(C)c1ccc(C2N=c3ccccc3=C3C(=O)NC(SCc4ccccc4)=NN32)cc1. The average molecular weight is 455 g/mol. The number of carbonyl (C=O) groups is 1. The van der Waals surface area contributed by atoms with Gasteiger partial charge >= 0.3 is 0 Å². The first-order valence-electron chi connectivity index (χ1n) is 11.0. The lowest BCUT2D eigenvalue weighted by atomic mass is 9.86. The predicted octanol–water partition coefficient (Wildman–Crippen LogP) is 4.06. The summed E-state index contributed by atoms with van der Waals surface area (Å²) in [6.07, 6.45) is -0.401. The molecule has 166 valence electrons. The molecule has 0 spiro atoms. The number of amides is 1. The van der Waals surface area contributed by atoms with Gasteiger partial charge in [-0.25, -0.2) is 5.01 Å². The van der Waals surface area contributed by atoms with Crippen LogP contribution in [0.25, 0.3) is 5.70 Å². The standard InChI is InChI=1S/C27H26N4OS/c1-27(2,3)20-15-13-19(14-16-20)24-28-22-12-8-7-11-21(22)23-25(32)29-26(30-31(23)24)33-17-18-9-5-4-6-10-18/h4-16,24H,17H2,1-3H3,(H,29,30,32). The Balaban J connectivity index is 1.55. The van der Waals surface area contributed by atoms with Crippen molar-refractivity contribution in [1.29, 1.82) is 0 Å². The van der Waals surface area contributed by atoms with Crippen molar-refractivity contribution in [2.75, 3.05) is 0 Å². The van der Waals surface area contributed by atoms with Gasteiger partial charge in [-0.3, -0.25) is 15.1 Å². The molecule has 0 aliphatic carbocycles. The second-order valence-corrected chi connectivity index (χ2v) is 10.2. The smallest absolute Gasteiger partial charge is 0.276 e. The van der Waals surface area contributed by atoms with Gasteiger partial charge in [-0.1, -0.05) is 105 Å². The number of hydrazone groups is 1. The molecular weight excluding hydrogens is 428 g/mol. The van der Waals surface area contributed by atoms with Gasteiger partial charge in [0.25, 0.3) is 5.91 Å². The van der Waals surface area contributed by atoms with Crippen molar-refractivity contribution in [2.45, 2.75) is 38.1 Å². The van der Waals surface area contributed by atoms with Gasteiger partial charge in [0.15, 0.2) is 11.3 Å². The monoisotopic (exact) mass is 454 g/mol. The zero-order valence-electron chi connectivity index (χ0n) is 18.9. The van der Waals surface area contributed by atoms with Gasteiger partial charge in [-0.15, -0.1) is 5.10 Å². The van der Waals surface area contributed by atoms with Crippen molar-refractivity contribution in [3.63, 3.8) is 0 Å². The highest BCUT2D eigenvalue weighted by Crippen LogP contribution is 2.32. The van der Waals surface area contributed by atoms with Gasteiger partial charge in [0.05, 0.1) is 5.36 Å². The fourth-order valence-corrected chi connectivity index (χ4v) is 4.80. The molecule has 6 heteroatoms. The number of amidine groups is 1. The molecule has 1 unspecified atom stereocenters. The van der Waals surface area contributed by atoms with Crippen LogP contribution in [0.2, 0.25) is 0 Å². The predicted molar refractivity (Wildman–Crippen MR) is 134 cm³/mol. The molecule has 5 rings (SSSR count). The van der Waals surface area contributed by atoms with Crippen LogP contribution in [0.15, 0.2) is 89.0 Å². The number of nitrogens with zero attached hydrogens (tertiary/aromatic N) is 3. The highest BCUT2D eigenvalue weighted by Gasteiger charge is 2.34. The summed E-state index contributed by atoms with van der Waals surface area (Å²) in [5, 5.41) is 11.8. The quantitative estimate of drug-likeness (QED) is 0.649. The second-order valence-electron chi connectivity index (χ2n) is 9.22. The first-order chi connectivity index (χ1) is 15.9. The van der Waals surface area contributed by atoms with Gasteiger partial charge in [-0.05, 0) is 28.2 Å². The first-order valence-corrected chi connectivity index (χ1v) is 12.0. The van der Waals surface area contributed by atoms with E-state index in [1.165, 1.54) is 22.9 Å². The van der Waals surface area contributed by atoms with Crippen molar-refractivity contribution in [2.24, 2.45) is 10.1 Å². The number of para-hydroxylation sites is 1. The number of hydrogen-bond donors (Lipinski definition) is 1. The van der Waals surface area contributed by atoms with E-state index in [2.05, 4.69) is 62.5 Å². The van der Waals surface area contributed by atoms with Crippen LogP contribution < -0.4 is 15.9 Å². The molecule has 0 radical (unpaired) electrons. The van der Waals surface area contributed by atoms with E-state index in [4.69, 9.17) is 10.1 Å². The van der Waals surface area contributed by atoms with E-state index in [0.29, 0.717) is 10.9 Å². The minimum Gasteiger partial charge on any atom is -0.298 e. The Labute approximate surface area is 197 Å². The first kappa shape index (κ1) is 21.5. The number of thioether (sulfide) groups is 1. The number of rotatable bonds is 3. The molecule has 1 atom stereocenters. The molecule has 3 aromatic carbocycles. The summed E-state index contributed by atoms with van der Waals surface area (Å²) in [5.41, 5.74) is 4.04. The zero-order chi connectivity index (χ0) is 23.0. The lowest BCUT2D eigenvalue weighted by molar-refractivity contribution is -0.116. The Morgan fingerprint density at radius 3 is 2.36 bits per heavy atom. The molecule has 0 aromatic heterocycles. The van der Waals surface area contributed by atoms with E-state index in [0.717, 1.165) is 21.9 Å². The maximum Gasteiger partial charge on any atom is 0.276 e. The van der Waals surface area contributed by atoms with Crippen LogP contribution in [0.3, 0.4) is 0 Å². The van der Waals surface area contributed by atoms with E-state index >= 15 is 0 Å². The van der Waals surface area contributed by atoms with Gasteiger partial charge < -0.3 is 0 Å². The van der Waals surface area contributed by atoms with Crippen molar-refractivity contribution >= 4 is 28.5 Å². The Morgan fingerprint density at radius 2 is 1.64 bits per heavy atom. The van der Waals surface area contributed by atoms with Crippen molar-refractivity contribution < 1.29 is 4.79 Å². The summed E-state index contributed by atoms with van der Waals surface area (Å²) >= 11 is 1.52. The summed E-state index contributed by atoms with van der Waals surface area (Å²) < 4.78 is 0. The topological polar surface area (TPSA) is 57.1 Å². The summed E-state index contributed by atoms with van der Waals surface area (Å²) in [7, 11) is 0. The summed E-state index contributed by atoms with van der Waals surface area (Å²) in [5.74, 6) is 0.571. The molecule has 0 fully saturated rings. The van der Waals surface area contributed by atoms with Gasteiger partial charge in [0.2, 0.25) is 0 Å². The highest BCUT2D eigenvalue weighted by atomic mass is 32.2.